The Morgan fingerprint density at radius 3 is 1.54 bits per heavy atom. The van der Waals surface area contributed by atoms with Gasteiger partial charge in [0.1, 0.15) is 0 Å². The summed E-state index contributed by atoms with van der Waals surface area (Å²) in [6, 6.07) is 10.5. The molecular formula is C39H70O2. The molecule has 2 atom stereocenters. The standard InChI is InChI=1S/C39H70O2/c1-3-5-7-9-11-13-15-17-19-21-23-25-30-34-39(41-36-37-31-27-26-28-32-37)38(35-40)33-29-24-22-20-18-16-14-12-10-8-6-4-2/h24,26-29,31-32,38-40H,3-23,25,30,33-36H2,1-2H3/b29-24+/t38-,39-/m1/s1. The lowest BCUT2D eigenvalue weighted by Gasteiger charge is -2.25. The molecular weight excluding hydrogens is 500 g/mol. The van der Waals surface area contributed by atoms with Gasteiger partial charge < -0.3 is 9.84 Å². The van der Waals surface area contributed by atoms with Crippen molar-refractivity contribution in [3.8, 4) is 0 Å². The van der Waals surface area contributed by atoms with Crippen LogP contribution < -0.4 is 0 Å². The van der Waals surface area contributed by atoms with Gasteiger partial charge in [0, 0.05) is 12.5 Å². The molecule has 1 aromatic rings. The molecule has 0 aliphatic carbocycles. The Morgan fingerprint density at radius 1 is 0.585 bits per heavy atom. The number of ether oxygens (including phenoxy) is 1. The van der Waals surface area contributed by atoms with Crippen LogP contribution in [0.15, 0.2) is 42.5 Å². The molecule has 0 amide bonds. The van der Waals surface area contributed by atoms with Gasteiger partial charge in [0.25, 0.3) is 0 Å². The first-order valence-corrected chi connectivity index (χ1v) is 18.2. The van der Waals surface area contributed by atoms with E-state index in [1.807, 2.05) is 0 Å². The van der Waals surface area contributed by atoms with E-state index in [4.69, 9.17) is 4.74 Å². The van der Waals surface area contributed by atoms with Crippen LogP contribution >= 0.6 is 0 Å². The van der Waals surface area contributed by atoms with Crippen LogP contribution in [-0.2, 0) is 11.3 Å². The van der Waals surface area contributed by atoms with E-state index in [0.717, 1.165) is 12.8 Å². The van der Waals surface area contributed by atoms with Gasteiger partial charge in [0.05, 0.1) is 12.7 Å². The van der Waals surface area contributed by atoms with Crippen LogP contribution in [0.4, 0.5) is 0 Å². The monoisotopic (exact) mass is 571 g/mol. The highest BCUT2D eigenvalue weighted by molar-refractivity contribution is 5.13. The molecule has 0 saturated heterocycles. The summed E-state index contributed by atoms with van der Waals surface area (Å²) < 4.78 is 6.45. The van der Waals surface area contributed by atoms with Crippen molar-refractivity contribution >= 4 is 0 Å². The van der Waals surface area contributed by atoms with Crippen LogP contribution in [0.2, 0.25) is 0 Å². The predicted molar refractivity (Wildman–Crippen MR) is 182 cm³/mol. The van der Waals surface area contributed by atoms with Gasteiger partial charge in [-0.2, -0.15) is 0 Å². The van der Waals surface area contributed by atoms with E-state index >= 15 is 0 Å². The van der Waals surface area contributed by atoms with E-state index in [0.29, 0.717) is 6.61 Å². The molecule has 1 N–H and O–H groups in total. The predicted octanol–water partition coefficient (Wildman–Crippen LogP) is 12.5. The van der Waals surface area contributed by atoms with Crippen molar-refractivity contribution in [3.05, 3.63) is 48.0 Å². The summed E-state index contributed by atoms with van der Waals surface area (Å²) in [5.74, 6) is 0.190. The molecule has 0 saturated carbocycles. The zero-order valence-corrected chi connectivity index (χ0v) is 27.6. The van der Waals surface area contributed by atoms with Gasteiger partial charge in [0.2, 0.25) is 0 Å². The molecule has 2 heteroatoms. The fraction of sp³-hybridized carbons (Fsp3) is 0.795. The zero-order chi connectivity index (χ0) is 29.5. The van der Waals surface area contributed by atoms with Crippen LogP contribution in [0.25, 0.3) is 0 Å². The van der Waals surface area contributed by atoms with E-state index in [2.05, 4.69) is 56.3 Å². The Labute approximate surface area is 257 Å². The van der Waals surface area contributed by atoms with Gasteiger partial charge in [0.15, 0.2) is 0 Å². The maximum Gasteiger partial charge on any atom is 0.0720 e. The van der Waals surface area contributed by atoms with Crippen molar-refractivity contribution in [1.82, 2.24) is 0 Å². The molecule has 0 heterocycles. The summed E-state index contributed by atoms with van der Waals surface area (Å²) in [6.45, 7) is 5.43. The fourth-order valence-electron chi connectivity index (χ4n) is 5.90. The number of aliphatic hydroxyl groups excluding tert-OH is 1. The highest BCUT2D eigenvalue weighted by Gasteiger charge is 2.20. The average molecular weight is 571 g/mol. The van der Waals surface area contributed by atoms with Gasteiger partial charge in [-0.25, -0.2) is 0 Å². The van der Waals surface area contributed by atoms with Gasteiger partial charge in [-0.1, -0.05) is 191 Å². The number of aliphatic hydroxyl groups is 1. The first-order valence-electron chi connectivity index (χ1n) is 18.2. The Kier molecular flexibility index (Phi) is 28.1. The minimum Gasteiger partial charge on any atom is -0.396 e. The van der Waals surface area contributed by atoms with Crippen molar-refractivity contribution in [2.24, 2.45) is 5.92 Å². The van der Waals surface area contributed by atoms with E-state index in [1.165, 1.54) is 153 Å². The zero-order valence-electron chi connectivity index (χ0n) is 27.6. The smallest absolute Gasteiger partial charge is 0.0720 e. The highest BCUT2D eigenvalue weighted by Crippen LogP contribution is 2.22. The topological polar surface area (TPSA) is 29.5 Å². The van der Waals surface area contributed by atoms with Gasteiger partial charge in [-0.15, -0.1) is 0 Å². The molecule has 0 aliphatic heterocycles. The first kappa shape index (κ1) is 37.9. The van der Waals surface area contributed by atoms with Crippen LogP contribution in [0.1, 0.15) is 180 Å². The molecule has 0 radical (unpaired) electrons. The second kappa shape index (κ2) is 30.3. The third-order valence-corrected chi connectivity index (χ3v) is 8.74. The molecule has 2 nitrogen and oxygen atoms in total. The number of benzene rings is 1. The van der Waals surface area contributed by atoms with E-state index in [-0.39, 0.29) is 18.6 Å². The molecule has 0 bridgehead atoms. The van der Waals surface area contributed by atoms with E-state index in [9.17, 15) is 5.11 Å². The normalized spacial score (nSPS) is 13.2. The summed E-state index contributed by atoms with van der Waals surface area (Å²) in [5.41, 5.74) is 1.22. The van der Waals surface area contributed by atoms with E-state index in [1.54, 1.807) is 0 Å². The van der Waals surface area contributed by atoms with Gasteiger partial charge in [-0.3, -0.25) is 0 Å². The molecule has 0 aromatic heterocycles. The fourth-order valence-corrected chi connectivity index (χ4v) is 5.90. The second-order valence-electron chi connectivity index (χ2n) is 12.6. The van der Waals surface area contributed by atoms with Gasteiger partial charge >= 0.3 is 0 Å². The minimum absolute atomic E-state index is 0.130. The van der Waals surface area contributed by atoms with Crippen LogP contribution in [-0.4, -0.2) is 17.8 Å². The summed E-state index contributed by atoms with van der Waals surface area (Å²) in [4.78, 5) is 0. The Morgan fingerprint density at radius 2 is 1.05 bits per heavy atom. The van der Waals surface area contributed by atoms with Crippen molar-refractivity contribution in [3.63, 3.8) is 0 Å². The van der Waals surface area contributed by atoms with Crippen molar-refractivity contribution in [2.45, 2.75) is 187 Å². The van der Waals surface area contributed by atoms with Crippen molar-refractivity contribution in [1.29, 1.82) is 0 Å². The first-order chi connectivity index (χ1) is 20.3. The molecule has 0 aliphatic rings. The molecule has 0 fully saturated rings. The Bertz CT molecular complexity index is 655. The second-order valence-corrected chi connectivity index (χ2v) is 12.6. The lowest BCUT2D eigenvalue weighted by molar-refractivity contribution is -0.0215. The Balaban J connectivity index is 2.26. The number of hydrogen-bond donors (Lipinski definition) is 1. The van der Waals surface area contributed by atoms with Gasteiger partial charge in [-0.05, 0) is 31.2 Å². The summed E-state index contributed by atoms with van der Waals surface area (Å²) in [7, 11) is 0. The van der Waals surface area contributed by atoms with Crippen LogP contribution in [0.3, 0.4) is 0 Å². The largest absolute Gasteiger partial charge is 0.396 e. The highest BCUT2D eigenvalue weighted by atomic mass is 16.5. The maximum absolute atomic E-state index is 10.3. The van der Waals surface area contributed by atoms with Crippen LogP contribution in [0, 0.1) is 5.92 Å². The van der Waals surface area contributed by atoms with E-state index < -0.39 is 0 Å². The van der Waals surface area contributed by atoms with Crippen LogP contribution in [0.5, 0.6) is 0 Å². The minimum atomic E-state index is 0.130. The molecule has 238 valence electrons. The lowest BCUT2D eigenvalue weighted by atomic mass is 9.93. The summed E-state index contributed by atoms with van der Waals surface area (Å²) in [6.07, 6.45) is 38.3. The molecule has 1 rings (SSSR count). The number of rotatable bonds is 31. The quantitative estimate of drug-likeness (QED) is 0.0710. The maximum atomic E-state index is 10.3. The summed E-state index contributed by atoms with van der Waals surface area (Å²) >= 11 is 0. The molecule has 0 spiro atoms. The molecule has 0 unspecified atom stereocenters. The SMILES string of the molecule is CCCCCCCCCCC/C=C/C[C@H](CO)[C@@H](CCCCCCCCCCCCCCC)OCc1ccccc1. The van der Waals surface area contributed by atoms with Crippen molar-refractivity contribution < 1.29 is 9.84 Å². The third-order valence-electron chi connectivity index (χ3n) is 8.74. The third kappa shape index (κ3) is 24.1. The number of unbranched alkanes of at least 4 members (excludes halogenated alkanes) is 21. The molecule has 1 aromatic carbocycles. The number of hydrogen-bond acceptors (Lipinski definition) is 2. The Hall–Kier alpha value is -1.12. The lowest BCUT2D eigenvalue weighted by Crippen LogP contribution is -2.27. The number of allylic oxidation sites excluding steroid dienone is 2. The molecule has 41 heavy (non-hydrogen) atoms. The average Bonchev–Trinajstić information content (AvgIpc) is 3.00. The summed E-state index contributed by atoms with van der Waals surface area (Å²) in [5, 5.41) is 10.3. The van der Waals surface area contributed by atoms with Crippen molar-refractivity contribution in [2.75, 3.05) is 6.61 Å².